The van der Waals surface area contributed by atoms with Crippen molar-refractivity contribution in [2.75, 3.05) is 13.7 Å². The molecule has 6 nitrogen and oxygen atoms in total. The molecule has 0 aliphatic rings. The molecule has 1 aromatic rings. The van der Waals surface area contributed by atoms with Crippen LogP contribution in [0.1, 0.15) is 16.9 Å². The first-order chi connectivity index (χ1) is 6.27. The van der Waals surface area contributed by atoms with Gasteiger partial charge in [-0.25, -0.2) is 4.79 Å². The Hall–Kier alpha value is -1.14. The minimum Gasteiger partial charge on any atom is -0.464 e. The minimum atomic E-state index is -0.473. The van der Waals surface area contributed by atoms with Gasteiger partial charge in [-0.05, 0) is 13.0 Å². The summed E-state index contributed by atoms with van der Waals surface area (Å²) in [5, 5.41) is 7.37. The number of carbonyl (C=O) groups is 1. The number of esters is 1. The SMILES string of the molecule is COC(=O)c1cn(CCCN)nn1.Cl. The van der Waals surface area contributed by atoms with Crippen LogP contribution in [0.2, 0.25) is 0 Å². The van der Waals surface area contributed by atoms with Crippen LogP contribution in [0.5, 0.6) is 0 Å². The Labute approximate surface area is 87.8 Å². The molecule has 0 radical (unpaired) electrons. The van der Waals surface area contributed by atoms with E-state index < -0.39 is 5.97 Å². The molecule has 80 valence electrons. The molecule has 7 heteroatoms. The molecular formula is C7H13ClN4O2. The second-order valence-electron chi connectivity index (χ2n) is 2.50. The fourth-order valence-corrected chi connectivity index (χ4v) is 0.859. The predicted molar refractivity (Wildman–Crippen MR) is 52.3 cm³/mol. The molecule has 0 saturated heterocycles. The molecule has 0 saturated carbocycles. The lowest BCUT2D eigenvalue weighted by atomic mass is 10.4. The zero-order valence-corrected chi connectivity index (χ0v) is 8.66. The highest BCUT2D eigenvalue weighted by Gasteiger charge is 2.09. The molecule has 0 aliphatic carbocycles. The van der Waals surface area contributed by atoms with Crippen LogP contribution in [0.15, 0.2) is 6.20 Å². The van der Waals surface area contributed by atoms with Gasteiger partial charge >= 0.3 is 5.97 Å². The summed E-state index contributed by atoms with van der Waals surface area (Å²) in [4.78, 5) is 10.9. The van der Waals surface area contributed by atoms with E-state index in [4.69, 9.17) is 5.73 Å². The number of hydrogen-bond donors (Lipinski definition) is 1. The van der Waals surface area contributed by atoms with Gasteiger partial charge in [0.05, 0.1) is 13.3 Å². The van der Waals surface area contributed by atoms with Crippen molar-refractivity contribution < 1.29 is 9.53 Å². The highest BCUT2D eigenvalue weighted by molar-refractivity contribution is 5.86. The molecule has 0 bridgehead atoms. The monoisotopic (exact) mass is 220 g/mol. The lowest BCUT2D eigenvalue weighted by Gasteiger charge is -1.95. The van der Waals surface area contributed by atoms with Crippen LogP contribution < -0.4 is 5.73 Å². The van der Waals surface area contributed by atoms with Crippen molar-refractivity contribution >= 4 is 18.4 Å². The lowest BCUT2D eigenvalue weighted by molar-refractivity contribution is 0.0594. The second-order valence-corrected chi connectivity index (χ2v) is 2.50. The number of carbonyl (C=O) groups excluding carboxylic acids is 1. The number of hydrogen-bond acceptors (Lipinski definition) is 5. The Bertz CT molecular complexity index is 289. The van der Waals surface area contributed by atoms with E-state index in [1.807, 2.05) is 0 Å². The van der Waals surface area contributed by atoms with E-state index in [1.54, 1.807) is 10.9 Å². The molecule has 1 heterocycles. The first-order valence-electron chi connectivity index (χ1n) is 3.96. The number of aryl methyl sites for hydroxylation is 1. The van der Waals surface area contributed by atoms with Crippen LogP contribution in [0.25, 0.3) is 0 Å². The van der Waals surface area contributed by atoms with Gasteiger partial charge in [-0.1, -0.05) is 5.21 Å². The highest BCUT2D eigenvalue weighted by Crippen LogP contribution is 1.95. The smallest absolute Gasteiger partial charge is 0.360 e. The molecule has 0 amide bonds. The maximum absolute atomic E-state index is 10.9. The zero-order chi connectivity index (χ0) is 9.68. The predicted octanol–water partition coefficient (Wildman–Crippen LogP) is -0.165. The van der Waals surface area contributed by atoms with Gasteiger partial charge in [-0.2, -0.15) is 0 Å². The van der Waals surface area contributed by atoms with Crippen molar-refractivity contribution in [2.24, 2.45) is 5.73 Å². The first-order valence-corrected chi connectivity index (χ1v) is 3.96. The van der Waals surface area contributed by atoms with Crippen molar-refractivity contribution in [1.82, 2.24) is 15.0 Å². The molecule has 0 spiro atoms. The maximum atomic E-state index is 10.9. The van der Waals surface area contributed by atoms with Gasteiger partial charge in [-0.15, -0.1) is 17.5 Å². The van der Waals surface area contributed by atoms with Gasteiger partial charge in [0.2, 0.25) is 0 Å². The van der Waals surface area contributed by atoms with Gasteiger partial charge < -0.3 is 10.5 Å². The molecule has 2 N–H and O–H groups in total. The topological polar surface area (TPSA) is 83.0 Å². The summed E-state index contributed by atoms with van der Waals surface area (Å²) in [6.45, 7) is 1.26. The van der Waals surface area contributed by atoms with Crippen molar-refractivity contribution in [3.63, 3.8) is 0 Å². The van der Waals surface area contributed by atoms with E-state index in [2.05, 4.69) is 15.0 Å². The van der Waals surface area contributed by atoms with E-state index in [9.17, 15) is 4.79 Å². The lowest BCUT2D eigenvalue weighted by Crippen LogP contribution is -2.06. The molecule has 0 aliphatic heterocycles. The number of aromatic nitrogens is 3. The van der Waals surface area contributed by atoms with Gasteiger partial charge in [0, 0.05) is 6.54 Å². The number of ether oxygens (including phenoxy) is 1. The highest BCUT2D eigenvalue weighted by atomic mass is 35.5. The first kappa shape index (κ1) is 12.9. The van der Waals surface area contributed by atoms with Crippen LogP contribution in [-0.4, -0.2) is 34.6 Å². The Morgan fingerprint density at radius 2 is 2.43 bits per heavy atom. The van der Waals surface area contributed by atoms with Crippen molar-refractivity contribution in [2.45, 2.75) is 13.0 Å². The van der Waals surface area contributed by atoms with E-state index in [1.165, 1.54) is 7.11 Å². The molecule has 1 aromatic heterocycles. The van der Waals surface area contributed by atoms with Crippen molar-refractivity contribution in [1.29, 1.82) is 0 Å². The van der Waals surface area contributed by atoms with Gasteiger partial charge in [0.1, 0.15) is 0 Å². The van der Waals surface area contributed by atoms with Crippen molar-refractivity contribution in [3.8, 4) is 0 Å². The fourth-order valence-electron chi connectivity index (χ4n) is 0.859. The number of methoxy groups -OCH3 is 1. The zero-order valence-electron chi connectivity index (χ0n) is 7.84. The minimum absolute atomic E-state index is 0. The molecule has 14 heavy (non-hydrogen) atoms. The number of nitrogens with two attached hydrogens (primary N) is 1. The Kier molecular flexibility index (Phi) is 5.82. The average Bonchev–Trinajstić information content (AvgIpc) is 2.62. The molecule has 1 rings (SSSR count). The van der Waals surface area contributed by atoms with E-state index >= 15 is 0 Å². The van der Waals surface area contributed by atoms with Crippen LogP contribution in [0.4, 0.5) is 0 Å². The van der Waals surface area contributed by atoms with Crippen LogP contribution in [-0.2, 0) is 11.3 Å². The maximum Gasteiger partial charge on any atom is 0.360 e. The molecular weight excluding hydrogens is 208 g/mol. The van der Waals surface area contributed by atoms with Gasteiger partial charge in [0.25, 0.3) is 0 Å². The third-order valence-corrected chi connectivity index (χ3v) is 1.52. The van der Waals surface area contributed by atoms with Gasteiger partial charge in [-0.3, -0.25) is 4.68 Å². The fraction of sp³-hybridized carbons (Fsp3) is 0.571. The van der Waals surface area contributed by atoms with E-state index in [0.717, 1.165) is 6.42 Å². The average molecular weight is 221 g/mol. The summed E-state index contributed by atoms with van der Waals surface area (Å²) in [7, 11) is 1.31. The molecule has 0 fully saturated rings. The summed E-state index contributed by atoms with van der Waals surface area (Å²) in [6.07, 6.45) is 2.35. The quantitative estimate of drug-likeness (QED) is 0.713. The van der Waals surface area contributed by atoms with Crippen LogP contribution >= 0.6 is 12.4 Å². The van der Waals surface area contributed by atoms with Crippen LogP contribution in [0, 0.1) is 0 Å². The summed E-state index contributed by atoms with van der Waals surface area (Å²) in [6, 6.07) is 0. The summed E-state index contributed by atoms with van der Waals surface area (Å²) < 4.78 is 6.04. The third kappa shape index (κ3) is 3.31. The van der Waals surface area contributed by atoms with Crippen LogP contribution in [0.3, 0.4) is 0 Å². The van der Waals surface area contributed by atoms with E-state index in [-0.39, 0.29) is 18.1 Å². The number of rotatable bonds is 4. The van der Waals surface area contributed by atoms with Crippen molar-refractivity contribution in [3.05, 3.63) is 11.9 Å². The number of halogens is 1. The second kappa shape index (κ2) is 6.33. The Morgan fingerprint density at radius 1 is 1.71 bits per heavy atom. The molecule has 0 aromatic carbocycles. The summed E-state index contributed by atoms with van der Waals surface area (Å²) in [5.74, 6) is -0.473. The third-order valence-electron chi connectivity index (χ3n) is 1.52. The normalized spacial score (nSPS) is 9.29. The molecule has 0 unspecified atom stereocenters. The van der Waals surface area contributed by atoms with Gasteiger partial charge in [0.15, 0.2) is 5.69 Å². The number of nitrogens with zero attached hydrogens (tertiary/aromatic N) is 3. The standard InChI is InChI=1S/C7H12N4O2.ClH/c1-13-7(12)6-5-11(10-9-6)4-2-3-8;/h5H,2-4,8H2,1H3;1H. The Morgan fingerprint density at radius 3 is 3.00 bits per heavy atom. The largest absolute Gasteiger partial charge is 0.464 e. The summed E-state index contributed by atoms with van der Waals surface area (Å²) in [5.41, 5.74) is 5.54. The van der Waals surface area contributed by atoms with E-state index in [0.29, 0.717) is 13.1 Å². The molecule has 0 atom stereocenters. The Balaban J connectivity index is 0.00000169. The summed E-state index contributed by atoms with van der Waals surface area (Å²) >= 11 is 0.